The van der Waals surface area contributed by atoms with Gasteiger partial charge in [0.2, 0.25) is 10.0 Å². The molecule has 2 rings (SSSR count). The van der Waals surface area contributed by atoms with Crippen LogP contribution in [0.15, 0.2) is 47.4 Å². The number of hydrogen-bond acceptors (Lipinski definition) is 5. The van der Waals surface area contributed by atoms with Gasteiger partial charge in [0.15, 0.2) is 0 Å². The highest BCUT2D eigenvalue weighted by molar-refractivity contribution is 7.89. The molecular weight excluding hydrogens is 368 g/mol. The molecule has 2 N–H and O–H groups in total. The lowest BCUT2D eigenvalue weighted by molar-refractivity contribution is 0.102. The van der Waals surface area contributed by atoms with E-state index in [0.29, 0.717) is 30.0 Å². The molecule has 146 valence electrons. The Bertz CT molecular complexity index is 879. The van der Waals surface area contributed by atoms with Crippen LogP contribution >= 0.6 is 0 Å². The van der Waals surface area contributed by atoms with E-state index in [9.17, 15) is 13.2 Å². The summed E-state index contributed by atoms with van der Waals surface area (Å²) in [6.45, 7) is 2.67. The lowest BCUT2D eigenvalue weighted by Gasteiger charge is -2.11. The lowest BCUT2D eigenvalue weighted by Crippen LogP contribution is -2.25. The largest absolute Gasteiger partial charge is 0.495 e. The molecule has 2 aromatic carbocycles. The van der Waals surface area contributed by atoms with Crippen LogP contribution in [0.5, 0.6) is 5.75 Å². The Morgan fingerprint density at radius 2 is 1.78 bits per heavy atom. The minimum atomic E-state index is -3.62. The number of nitrogens with one attached hydrogen (secondary N) is 2. The number of carbonyl (C=O) groups excluding carboxylic acids is 1. The van der Waals surface area contributed by atoms with Crippen LogP contribution in [0, 0.1) is 6.92 Å². The summed E-state index contributed by atoms with van der Waals surface area (Å²) in [4.78, 5) is 12.6. The quantitative estimate of drug-likeness (QED) is 0.640. The zero-order valence-electron chi connectivity index (χ0n) is 15.6. The monoisotopic (exact) mass is 392 g/mol. The smallest absolute Gasteiger partial charge is 0.255 e. The minimum Gasteiger partial charge on any atom is -0.495 e. The Morgan fingerprint density at radius 3 is 2.41 bits per heavy atom. The zero-order valence-corrected chi connectivity index (χ0v) is 16.4. The Kier molecular flexibility index (Phi) is 7.35. The summed E-state index contributed by atoms with van der Waals surface area (Å²) in [5, 5.41) is 2.78. The van der Waals surface area contributed by atoms with Gasteiger partial charge in [0.05, 0.1) is 17.7 Å². The van der Waals surface area contributed by atoms with Gasteiger partial charge >= 0.3 is 0 Å². The molecule has 0 radical (unpaired) electrons. The molecule has 0 aliphatic heterocycles. The van der Waals surface area contributed by atoms with E-state index in [2.05, 4.69) is 10.0 Å². The van der Waals surface area contributed by atoms with Crippen LogP contribution in [0.4, 0.5) is 5.69 Å². The zero-order chi connectivity index (χ0) is 19.9. The van der Waals surface area contributed by atoms with Crippen molar-refractivity contribution in [3.05, 3.63) is 53.6 Å². The molecule has 0 heterocycles. The summed E-state index contributed by atoms with van der Waals surface area (Å²) in [6, 6.07) is 11.2. The second kappa shape index (κ2) is 9.50. The van der Waals surface area contributed by atoms with Crippen LogP contribution in [-0.4, -0.2) is 41.7 Å². The van der Waals surface area contributed by atoms with Crippen molar-refractivity contribution in [2.24, 2.45) is 0 Å². The van der Waals surface area contributed by atoms with Crippen molar-refractivity contribution >= 4 is 21.6 Å². The number of benzene rings is 2. The Morgan fingerprint density at radius 1 is 1.07 bits per heavy atom. The highest BCUT2D eigenvalue weighted by Gasteiger charge is 2.15. The number of ether oxygens (including phenoxy) is 2. The van der Waals surface area contributed by atoms with Crippen LogP contribution in [0.2, 0.25) is 0 Å². The number of carbonyl (C=O) groups is 1. The Balaban J connectivity index is 2.08. The van der Waals surface area contributed by atoms with E-state index in [-0.39, 0.29) is 17.3 Å². The third-order valence-corrected chi connectivity index (χ3v) is 5.32. The lowest BCUT2D eigenvalue weighted by atomic mass is 10.1. The average Bonchev–Trinajstić information content (AvgIpc) is 2.65. The van der Waals surface area contributed by atoms with Gasteiger partial charge in [-0.3, -0.25) is 4.79 Å². The van der Waals surface area contributed by atoms with Gasteiger partial charge in [-0.15, -0.1) is 0 Å². The van der Waals surface area contributed by atoms with Gasteiger partial charge in [-0.25, -0.2) is 13.1 Å². The summed E-state index contributed by atoms with van der Waals surface area (Å²) >= 11 is 0. The van der Waals surface area contributed by atoms with Gasteiger partial charge < -0.3 is 14.8 Å². The molecule has 7 nitrogen and oxygen atoms in total. The fraction of sp³-hybridized carbons (Fsp3) is 0.316. The van der Waals surface area contributed by atoms with Crippen molar-refractivity contribution in [3.8, 4) is 5.75 Å². The Hall–Kier alpha value is -2.42. The van der Waals surface area contributed by atoms with Crippen molar-refractivity contribution in [2.75, 3.05) is 32.7 Å². The van der Waals surface area contributed by atoms with Crippen LogP contribution in [0.1, 0.15) is 22.3 Å². The van der Waals surface area contributed by atoms with Gasteiger partial charge in [0.1, 0.15) is 5.75 Å². The first-order valence-electron chi connectivity index (χ1n) is 8.42. The summed E-state index contributed by atoms with van der Waals surface area (Å²) in [5.41, 5.74) is 1.88. The van der Waals surface area contributed by atoms with Crippen LogP contribution in [-0.2, 0) is 14.8 Å². The third kappa shape index (κ3) is 5.78. The number of sulfonamides is 1. The molecule has 1 amide bonds. The number of anilines is 1. The van der Waals surface area contributed by atoms with Gasteiger partial charge in [-0.05, 0) is 55.3 Å². The SMILES string of the molecule is COCCCNS(=O)(=O)c1ccc(C(=O)Nc2cc(C)ccc2OC)cc1. The highest BCUT2D eigenvalue weighted by atomic mass is 32.2. The summed E-state index contributed by atoms with van der Waals surface area (Å²) in [6.07, 6.45) is 0.578. The first kappa shape index (κ1) is 20.9. The van der Waals surface area contributed by atoms with Gasteiger partial charge in [-0.1, -0.05) is 6.07 Å². The normalized spacial score (nSPS) is 11.2. The maximum absolute atomic E-state index is 12.5. The van der Waals surface area contributed by atoms with E-state index in [1.807, 2.05) is 13.0 Å². The number of amides is 1. The Labute approximate surface area is 159 Å². The molecule has 0 fully saturated rings. The standard InChI is InChI=1S/C19H24N2O5S/c1-14-5-10-18(26-3)17(13-14)21-19(22)15-6-8-16(9-7-15)27(23,24)20-11-4-12-25-2/h5-10,13,20H,4,11-12H2,1-3H3,(H,21,22). The topological polar surface area (TPSA) is 93.7 Å². The third-order valence-electron chi connectivity index (χ3n) is 3.85. The van der Waals surface area contributed by atoms with Gasteiger partial charge in [0, 0.05) is 25.8 Å². The number of rotatable bonds is 9. The van der Waals surface area contributed by atoms with Crippen LogP contribution < -0.4 is 14.8 Å². The fourth-order valence-corrected chi connectivity index (χ4v) is 3.48. The predicted molar refractivity (Wildman–Crippen MR) is 104 cm³/mol. The molecule has 27 heavy (non-hydrogen) atoms. The summed E-state index contributed by atoms with van der Waals surface area (Å²) in [7, 11) is -0.528. The second-order valence-corrected chi connectivity index (χ2v) is 7.69. The van der Waals surface area contributed by atoms with Crippen molar-refractivity contribution in [3.63, 3.8) is 0 Å². The molecule has 0 bridgehead atoms. The van der Waals surface area contributed by atoms with Crippen molar-refractivity contribution in [1.29, 1.82) is 0 Å². The molecule has 0 unspecified atom stereocenters. The van der Waals surface area contributed by atoms with Crippen LogP contribution in [0.25, 0.3) is 0 Å². The fourth-order valence-electron chi connectivity index (χ4n) is 2.41. The van der Waals surface area contributed by atoms with Crippen molar-refractivity contribution in [1.82, 2.24) is 4.72 Å². The van der Waals surface area contributed by atoms with E-state index >= 15 is 0 Å². The number of hydrogen-bond donors (Lipinski definition) is 2. The molecule has 0 saturated heterocycles. The molecular formula is C19H24N2O5S. The first-order valence-corrected chi connectivity index (χ1v) is 9.90. The highest BCUT2D eigenvalue weighted by Crippen LogP contribution is 2.25. The van der Waals surface area contributed by atoms with E-state index in [1.54, 1.807) is 19.2 Å². The molecule has 0 atom stereocenters. The molecule has 0 spiro atoms. The number of methoxy groups -OCH3 is 2. The van der Waals surface area contributed by atoms with Crippen LogP contribution in [0.3, 0.4) is 0 Å². The molecule has 8 heteroatoms. The molecule has 2 aromatic rings. The van der Waals surface area contributed by atoms with E-state index in [1.165, 1.54) is 31.4 Å². The van der Waals surface area contributed by atoms with Crippen molar-refractivity contribution < 1.29 is 22.7 Å². The maximum atomic E-state index is 12.5. The van der Waals surface area contributed by atoms with E-state index < -0.39 is 10.0 Å². The van der Waals surface area contributed by atoms with Crippen molar-refractivity contribution in [2.45, 2.75) is 18.2 Å². The number of aryl methyl sites for hydroxylation is 1. The molecule has 0 aromatic heterocycles. The molecule has 0 aliphatic carbocycles. The van der Waals surface area contributed by atoms with Gasteiger partial charge in [-0.2, -0.15) is 0 Å². The summed E-state index contributed by atoms with van der Waals surface area (Å²) in [5.74, 6) is 0.198. The predicted octanol–water partition coefficient (Wildman–Crippen LogP) is 2.57. The molecule has 0 aliphatic rings. The maximum Gasteiger partial charge on any atom is 0.255 e. The van der Waals surface area contributed by atoms with E-state index in [4.69, 9.17) is 9.47 Å². The average molecular weight is 392 g/mol. The minimum absolute atomic E-state index is 0.101. The van der Waals surface area contributed by atoms with Gasteiger partial charge in [0.25, 0.3) is 5.91 Å². The first-order chi connectivity index (χ1) is 12.9. The van der Waals surface area contributed by atoms with E-state index in [0.717, 1.165) is 5.56 Å². The second-order valence-electron chi connectivity index (χ2n) is 5.93. The summed E-state index contributed by atoms with van der Waals surface area (Å²) < 4.78 is 37.1. The molecule has 0 saturated carbocycles.